The summed E-state index contributed by atoms with van der Waals surface area (Å²) in [4.78, 5) is 11.2. The van der Waals surface area contributed by atoms with Gasteiger partial charge in [-0.3, -0.25) is 4.79 Å². The van der Waals surface area contributed by atoms with Crippen LogP contribution in [0.4, 0.5) is 0 Å². The van der Waals surface area contributed by atoms with Crippen LogP contribution in [0.2, 0.25) is 5.02 Å². The van der Waals surface area contributed by atoms with Crippen molar-refractivity contribution in [1.82, 2.24) is 4.31 Å². The van der Waals surface area contributed by atoms with E-state index in [0.29, 0.717) is 17.0 Å². The lowest BCUT2D eigenvalue weighted by Gasteiger charge is -2.23. The zero-order valence-electron chi connectivity index (χ0n) is 11.2. The summed E-state index contributed by atoms with van der Waals surface area (Å²) in [7, 11) is -3.72. The molecular weight excluding hydrogens is 302 g/mol. The highest BCUT2D eigenvalue weighted by molar-refractivity contribution is 7.89. The van der Waals surface area contributed by atoms with Gasteiger partial charge < -0.3 is 5.11 Å². The Kier molecular flexibility index (Phi) is 4.09. The number of sulfonamides is 1. The Morgan fingerprint density at radius 3 is 2.65 bits per heavy atom. The summed E-state index contributed by atoms with van der Waals surface area (Å²) in [5.41, 5.74) is 0.486. The average Bonchev–Trinajstić information content (AvgIpc) is 2.75. The van der Waals surface area contributed by atoms with Crippen LogP contribution in [0.25, 0.3) is 0 Å². The monoisotopic (exact) mass is 317 g/mol. The molecule has 20 heavy (non-hydrogen) atoms. The number of aliphatic carboxylic acids is 1. The molecule has 0 aromatic heterocycles. The van der Waals surface area contributed by atoms with Crippen LogP contribution in [0.1, 0.15) is 18.9 Å². The zero-order valence-corrected chi connectivity index (χ0v) is 12.8. The van der Waals surface area contributed by atoms with E-state index in [1.54, 1.807) is 26.0 Å². The van der Waals surface area contributed by atoms with Gasteiger partial charge in [0.05, 0.1) is 10.8 Å². The molecule has 110 valence electrons. The maximum Gasteiger partial charge on any atom is 0.308 e. The molecule has 5 nitrogen and oxygen atoms in total. The SMILES string of the molecule is Cc1c(Cl)cccc1S(=O)(=O)N1CCC(C(=O)O)C1C. The van der Waals surface area contributed by atoms with Gasteiger partial charge in [-0.05, 0) is 38.0 Å². The van der Waals surface area contributed by atoms with Gasteiger partial charge >= 0.3 is 5.97 Å². The van der Waals surface area contributed by atoms with Crippen molar-refractivity contribution in [2.75, 3.05) is 6.54 Å². The first-order valence-corrected chi connectivity index (χ1v) is 8.08. The second-order valence-corrected chi connectivity index (χ2v) is 7.22. The van der Waals surface area contributed by atoms with Crippen molar-refractivity contribution < 1.29 is 18.3 Å². The highest BCUT2D eigenvalue weighted by Crippen LogP contribution is 2.32. The van der Waals surface area contributed by atoms with Crippen LogP contribution in [-0.4, -0.2) is 36.4 Å². The number of hydrogen-bond donors (Lipinski definition) is 1. The lowest BCUT2D eigenvalue weighted by Crippen LogP contribution is -2.37. The van der Waals surface area contributed by atoms with E-state index in [4.69, 9.17) is 16.7 Å². The van der Waals surface area contributed by atoms with E-state index in [2.05, 4.69) is 0 Å². The molecule has 0 radical (unpaired) electrons. The minimum Gasteiger partial charge on any atom is -0.481 e. The average molecular weight is 318 g/mol. The molecule has 0 amide bonds. The van der Waals surface area contributed by atoms with Crippen molar-refractivity contribution >= 4 is 27.6 Å². The van der Waals surface area contributed by atoms with E-state index >= 15 is 0 Å². The van der Waals surface area contributed by atoms with Gasteiger partial charge in [0, 0.05) is 17.6 Å². The van der Waals surface area contributed by atoms with Crippen molar-refractivity contribution in [3.8, 4) is 0 Å². The van der Waals surface area contributed by atoms with Gasteiger partial charge in [0.15, 0.2) is 0 Å². The first kappa shape index (κ1) is 15.3. The maximum atomic E-state index is 12.7. The fraction of sp³-hybridized carbons (Fsp3) is 0.462. The van der Waals surface area contributed by atoms with Crippen molar-refractivity contribution in [2.45, 2.75) is 31.2 Å². The summed E-state index contributed by atoms with van der Waals surface area (Å²) < 4.78 is 26.6. The first-order valence-electron chi connectivity index (χ1n) is 6.26. The standard InChI is InChI=1S/C13H16ClNO4S/c1-8-11(14)4-3-5-12(8)20(18,19)15-7-6-10(9(15)2)13(16)17/h3-5,9-10H,6-7H2,1-2H3,(H,16,17). The van der Waals surface area contributed by atoms with Crippen molar-refractivity contribution in [3.05, 3.63) is 28.8 Å². The van der Waals surface area contributed by atoms with Gasteiger partial charge in [0.1, 0.15) is 0 Å². The predicted octanol–water partition coefficient (Wildman–Crippen LogP) is 2.13. The Hall–Kier alpha value is -1.11. The molecule has 7 heteroatoms. The molecule has 1 saturated heterocycles. The molecule has 2 rings (SSSR count). The van der Waals surface area contributed by atoms with Gasteiger partial charge in [0.25, 0.3) is 0 Å². The smallest absolute Gasteiger partial charge is 0.308 e. The van der Waals surface area contributed by atoms with Gasteiger partial charge in [-0.2, -0.15) is 4.31 Å². The van der Waals surface area contributed by atoms with Crippen LogP contribution in [0.5, 0.6) is 0 Å². The van der Waals surface area contributed by atoms with E-state index in [1.807, 2.05) is 0 Å². The summed E-state index contributed by atoms with van der Waals surface area (Å²) in [5, 5.41) is 9.48. The third-order valence-electron chi connectivity index (χ3n) is 3.82. The topological polar surface area (TPSA) is 74.7 Å². The minimum atomic E-state index is -3.72. The number of rotatable bonds is 3. The van der Waals surface area contributed by atoms with Crippen LogP contribution in [-0.2, 0) is 14.8 Å². The number of carboxylic acids is 1. The van der Waals surface area contributed by atoms with Crippen molar-refractivity contribution in [1.29, 1.82) is 0 Å². The molecule has 1 N–H and O–H groups in total. The number of halogens is 1. The molecule has 0 bridgehead atoms. The molecule has 1 aromatic rings. The molecule has 0 spiro atoms. The lowest BCUT2D eigenvalue weighted by molar-refractivity contribution is -0.142. The Bertz CT molecular complexity index is 644. The lowest BCUT2D eigenvalue weighted by atomic mass is 10.0. The summed E-state index contributed by atoms with van der Waals surface area (Å²) >= 11 is 5.96. The molecule has 2 atom stereocenters. The fourth-order valence-corrected chi connectivity index (χ4v) is 4.74. The molecule has 2 unspecified atom stereocenters. The van der Waals surface area contributed by atoms with E-state index < -0.39 is 28.0 Å². The van der Waals surface area contributed by atoms with Crippen LogP contribution in [0.15, 0.2) is 23.1 Å². The summed E-state index contributed by atoms with van der Waals surface area (Å²) in [6, 6.07) is 4.15. The van der Waals surface area contributed by atoms with Crippen LogP contribution < -0.4 is 0 Å². The summed E-state index contributed by atoms with van der Waals surface area (Å²) in [5.74, 6) is -1.62. The van der Waals surface area contributed by atoms with Crippen LogP contribution in [0, 0.1) is 12.8 Å². The quantitative estimate of drug-likeness (QED) is 0.926. The Morgan fingerprint density at radius 1 is 1.45 bits per heavy atom. The van der Waals surface area contributed by atoms with Crippen molar-refractivity contribution in [2.24, 2.45) is 5.92 Å². The molecule has 1 aromatic carbocycles. The predicted molar refractivity (Wildman–Crippen MR) is 75.3 cm³/mol. The van der Waals surface area contributed by atoms with Gasteiger partial charge in [-0.15, -0.1) is 0 Å². The van der Waals surface area contributed by atoms with E-state index in [1.165, 1.54) is 10.4 Å². The number of carboxylic acid groups (broad SMARTS) is 1. The van der Waals surface area contributed by atoms with E-state index in [9.17, 15) is 13.2 Å². The van der Waals surface area contributed by atoms with Gasteiger partial charge in [-0.1, -0.05) is 17.7 Å². The fourth-order valence-electron chi connectivity index (χ4n) is 2.57. The molecule has 1 aliphatic heterocycles. The van der Waals surface area contributed by atoms with Gasteiger partial charge in [-0.25, -0.2) is 8.42 Å². The maximum absolute atomic E-state index is 12.7. The highest BCUT2D eigenvalue weighted by Gasteiger charge is 2.42. The number of carbonyl (C=O) groups is 1. The zero-order chi connectivity index (χ0) is 15.1. The first-order chi connectivity index (χ1) is 9.26. The normalized spacial score (nSPS) is 23.9. The Balaban J connectivity index is 2.42. The third-order valence-corrected chi connectivity index (χ3v) is 6.36. The summed E-state index contributed by atoms with van der Waals surface area (Å²) in [6.45, 7) is 3.49. The number of nitrogens with zero attached hydrogens (tertiary/aromatic N) is 1. The molecule has 0 saturated carbocycles. The summed E-state index contributed by atoms with van der Waals surface area (Å²) in [6.07, 6.45) is 0.329. The van der Waals surface area contributed by atoms with E-state index in [-0.39, 0.29) is 11.4 Å². The molecule has 1 aliphatic rings. The molecular formula is C13H16ClNO4S. The largest absolute Gasteiger partial charge is 0.481 e. The van der Waals surface area contributed by atoms with E-state index in [0.717, 1.165) is 0 Å². The minimum absolute atomic E-state index is 0.142. The van der Waals surface area contributed by atoms with Crippen LogP contribution in [0.3, 0.4) is 0 Å². The highest BCUT2D eigenvalue weighted by atomic mass is 35.5. The molecule has 0 aliphatic carbocycles. The Morgan fingerprint density at radius 2 is 2.10 bits per heavy atom. The Labute approximate surface area is 123 Å². The number of benzene rings is 1. The van der Waals surface area contributed by atoms with Gasteiger partial charge in [0.2, 0.25) is 10.0 Å². The number of hydrogen-bond acceptors (Lipinski definition) is 3. The molecule has 1 heterocycles. The molecule has 1 fully saturated rings. The second kappa shape index (κ2) is 5.35. The second-order valence-electron chi connectivity index (χ2n) is 4.95. The van der Waals surface area contributed by atoms with Crippen molar-refractivity contribution in [3.63, 3.8) is 0 Å². The third kappa shape index (κ3) is 2.43. The van der Waals surface area contributed by atoms with Crippen LogP contribution >= 0.6 is 11.6 Å².